The summed E-state index contributed by atoms with van der Waals surface area (Å²) < 4.78 is 5.22. The van der Waals surface area contributed by atoms with Crippen LogP contribution < -0.4 is 9.64 Å². The Kier molecular flexibility index (Phi) is 5.54. The molecule has 2 atom stereocenters. The van der Waals surface area contributed by atoms with E-state index in [-0.39, 0.29) is 12.5 Å². The highest BCUT2D eigenvalue weighted by Crippen LogP contribution is 2.33. The summed E-state index contributed by atoms with van der Waals surface area (Å²) in [7, 11) is 1.53. The van der Waals surface area contributed by atoms with Crippen LogP contribution in [0.3, 0.4) is 0 Å². The highest BCUT2D eigenvalue weighted by atomic mass is 16.5. The number of ether oxygens (including phenoxy) is 1. The molecule has 2 aliphatic heterocycles. The molecule has 1 aromatic heterocycles. The van der Waals surface area contributed by atoms with Gasteiger partial charge in [-0.2, -0.15) is 5.26 Å². The molecule has 0 aromatic carbocycles. The van der Waals surface area contributed by atoms with Gasteiger partial charge in [-0.15, -0.1) is 0 Å². The summed E-state index contributed by atoms with van der Waals surface area (Å²) >= 11 is 0. The van der Waals surface area contributed by atoms with Gasteiger partial charge in [0, 0.05) is 38.4 Å². The highest BCUT2D eigenvalue weighted by Gasteiger charge is 2.35. The monoisotopic (exact) mass is 330 g/mol. The molecule has 2 aliphatic rings. The van der Waals surface area contributed by atoms with Crippen molar-refractivity contribution in [1.82, 2.24) is 9.88 Å². The van der Waals surface area contributed by atoms with Gasteiger partial charge in [0.25, 0.3) is 0 Å². The Bertz CT molecular complexity index is 595. The molecule has 6 heteroatoms. The summed E-state index contributed by atoms with van der Waals surface area (Å²) in [5.74, 6) is 1.05. The zero-order chi connectivity index (χ0) is 16.9. The molecular formula is C18H26N4O2. The second kappa shape index (κ2) is 7.82. The van der Waals surface area contributed by atoms with Gasteiger partial charge in [-0.05, 0) is 37.9 Å². The van der Waals surface area contributed by atoms with Crippen LogP contribution in [0.2, 0.25) is 0 Å². The van der Waals surface area contributed by atoms with E-state index < -0.39 is 0 Å². The molecule has 3 heterocycles. The van der Waals surface area contributed by atoms with Gasteiger partial charge < -0.3 is 19.6 Å². The average molecular weight is 330 g/mol. The van der Waals surface area contributed by atoms with Gasteiger partial charge in [0.2, 0.25) is 5.88 Å². The average Bonchev–Trinajstić information content (AvgIpc) is 3.04. The van der Waals surface area contributed by atoms with Crippen molar-refractivity contribution in [3.8, 4) is 11.9 Å². The number of aliphatic hydroxyl groups excluding tert-OH is 1. The molecule has 0 bridgehead atoms. The standard InChI is InChI=1S/C18H26N4O2/c1-24-18-16(9-19)17(5-6-20-18)22-11-14(15(12-22)13-23)10-21-7-3-2-4-8-21/h5-6,14-15,23H,2-4,7-8,10-13H2,1H3/t14-,15-/m1/s1. The Hall–Kier alpha value is -1.84. The molecular weight excluding hydrogens is 304 g/mol. The van der Waals surface area contributed by atoms with Crippen LogP contribution in [-0.4, -0.2) is 61.4 Å². The Morgan fingerprint density at radius 2 is 2.04 bits per heavy atom. The van der Waals surface area contributed by atoms with E-state index in [4.69, 9.17) is 4.74 Å². The molecule has 3 rings (SSSR count). The topological polar surface area (TPSA) is 72.6 Å². The number of piperidine rings is 1. The lowest BCUT2D eigenvalue weighted by Gasteiger charge is -2.30. The molecule has 130 valence electrons. The largest absolute Gasteiger partial charge is 0.480 e. The zero-order valence-corrected chi connectivity index (χ0v) is 14.3. The van der Waals surface area contributed by atoms with E-state index in [9.17, 15) is 10.4 Å². The zero-order valence-electron chi connectivity index (χ0n) is 14.3. The van der Waals surface area contributed by atoms with Gasteiger partial charge in [0.1, 0.15) is 11.6 Å². The molecule has 1 aromatic rings. The number of nitriles is 1. The maximum Gasteiger partial charge on any atom is 0.233 e. The van der Waals surface area contributed by atoms with Gasteiger partial charge in [-0.25, -0.2) is 4.98 Å². The Morgan fingerprint density at radius 1 is 1.29 bits per heavy atom. The lowest BCUT2D eigenvalue weighted by Crippen LogP contribution is -2.37. The maximum atomic E-state index is 9.81. The van der Waals surface area contributed by atoms with Crippen molar-refractivity contribution in [1.29, 1.82) is 5.26 Å². The normalized spacial score (nSPS) is 24.8. The molecule has 0 radical (unpaired) electrons. The number of likely N-dealkylation sites (tertiary alicyclic amines) is 1. The van der Waals surface area contributed by atoms with E-state index in [2.05, 4.69) is 20.9 Å². The van der Waals surface area contributed by atoms with Crippen molar-refractivity contribution in [2.75, 3.05) is 51.3 Å². The fourth-order valence-corrected chi connectivity index (χ4v) is 3.98. The third kappa shape index (κ3) is 3.47. The molecule has 6 nitrogen and oxygen atoms in total. The van der Waals surface area contributed by atoms with Crippen LogP contribution in [0.15, 0.2) is 12.3 Å². The van der Waals surface area contributed by atoms with E-state index in [1.54, 1.807) is 6.20 Å². The summed E-state index contributed by atoms with van der Waals surface area (Å²) in [6.07, 6.45) is 5.57. The predicted octanol–water partition coefficient (Wildman–Crippen LogP) is 1.49. The molecule has 0 aliphatic carbocycles. The van der Waals surface area contributed by atoms with E-state index in [1.807, 2.05) is 6.07 Å². The van der Waals surface area contributed by atoms with Crippen LogP contribution in [0.4, 0.5) is 5.69 Å². The van der Waals surface area contributed by atoms with Crippen LogP contribution in [0.25, 0.3) is 0 Å². The van der Waals surface area contributed by atoms with Crippen LogP contribution >= 0.6 is 0 Å². The molecule has 2 saturated heterocycles. The van der Waals surface area contributed by atoms with Crippen molar-refractivity contribution in [2.24, 2.45) is 11.8 Å². The summed E-state index contributed by atoms with van der Waals surface area (Å²) in [4.78, 5) is 8.86. The number of anilines is 1. The summed E-state index contributed by atoms with van der Waals surface area (Å²) in [5.41, 5.74) is 1.35. The molecule has 1 N–H and O–H groups in total. The fraction of sp³-hybridized carbons (Fsp3) is 0.667. The lowest BCUT2D eigenvalue weighted by molar-refractivity contribution is 0.149. The number of rotatable bonds is 5. The van der Waals surface area contributed by atoms with Crippen molar-refractivity contribution < 1.29 is 9.84 Å². The first kappa shape index (κ1) is 17.0. The smallest absolute Gasteiger partial charge is 0.233 e. The molecule has 0 saturated carbocycles. The van der Waals surface area contributed by atoms with E-state index in [0.29, 0.717) is 17.4 Å². The molecule has 0 amide bonds. The minimum atomic E-state index is 0.194. The van der Waals surface area contributed by atoms with Crippen molar-refractivity contribution in [2.45, 2.75) is 19.3 Å². The Morgan fingerprint density at radius 3 is 2.71 bits per heavy atom. The second-order valence-corrected chi connectivity index (χ2v) is 6.80. The van der Waals surface area contributed by atoms with Gasteiger partial charge in [0.15, 0.2) is 0 Å². The number of methoxy groups -OCH3 is 1. The van der Waals surface area contributed by atoms with E-state index in [0.717, 1.165) is 25.3 Å². The summed E-state index contributed by atoms with van der Waals surface area (Å²) in [6, 6.07) is 4.09. The third-order valence-corrected chi connectivity index (χ3v) is 5.29. The molecule has 2 fully saturated rings. The number of aromatic nitrogens is 1. The number of nitrogens with zero attached hydrogens (tertiary/aromatic N) is 4. The van der Waals surface area contributed by atoms with Crippen molar-refractivity contribution >= 4 is 5.69 Å². The van der Waals surface area contributed by atoms with Crippen LogP contribution in [0, 0.1) is 23.2 Å². The minimum Gasteiger partial charge on any atom is -0.480 e. The number of aliphatic hydroxyl groups is 1. The Balaban J connectivity index is 1.75. The molecule has 0 spiro atoms. The molecule has 0 unspecified atom stereocenters. The highest BCUT2D eigenvalue weighted by molar-refractivity contribution is 5.63. The van der Waals surface area contributed by atoms with Gasteiger partial charge in [-0.3, -0.25) is 0 Å². The number of hydrogen-bond donors (Lipinski definition) is 1. The summed E-state index contributed by atoms with van der Waals surface area (Å²) in [6.45, 7) is 5.20. The number of hydrogen-bond acceptors (Lipinski definition) is 6. The Labute approximate surface area is 143 Å². The molecule has 24 heavy (non-hydrogen) atoms. The maximum absolute atomic E-state index is 9.81. The van der Waals surface area contributed by atoms with E-state index in [1.165, 1.54) is 39.5 Å². The van der Waals surface area contributed by atoms with Crippen LogP contribution in [0.5, 0.6) is 5.88 Å². The minimum absolute atomic E-state index is 0.194. The first-order valence-electron chi connectivity index (χ1n) is 8.78. The SMILES string of the molecule is COc1nccc(N2C[C@@H](CN3CCCCC3)[C@@H](CO)C2)c1C#N. The van der Waals surface area contributed by atoms with E-state index >= 15 is 0 Å². The van der Waals surface area contributed by atoms with Gasteiger partial charge in [-0.1, -0.05) is 6.42 Å². The second-order valence-electron chi connectivity index (χ2n) is 6.80. The third-order valence-electron chi connectivity index (χ3n) is 5.29. The lowest BCUT2D eigenvalue weighted by atomic mass is 9.95. The van der Waals surface area contributed by atoms with Gasteiger partial charge >= 0.3 is 0 Å². The number of pyridine rings is 1. The first-order chi connectivity index (χ1) is 11.8. The first-order valence-corrected chi connectivity index (χ1v) is 8.78. The van der Waals surface area contributed by atoms with Crippen molar-refractivity contribution in [3.05, 3.63) is 17.8 Å². The predicted molar refractivity (Wildman–Crippen MR) is 92.1 cm³/mol. The van der Waals surface area contributed by atoms with Crippen molar-refractivity contribution in [3.63, 3.8) is 0 Å². The fourth-order valence-electron chi connectivity index (χ4n) is 3.98. The van der Waals surface area contributed by atoms with Crippen LogP contribution in [0.1, 0.15) is 24.8 Å². The van der Waals surface area contributed by atoms with Gasteiger partial charge in [0.05, 0.1) is 12.8 Å². The summed E-state index contributed by atoms with van der Waals surface area (Å²) in [5, 5.41) is 19.3. The van der Waals surface area contributed by atoms with Crippen LogP contribution in [-0.2, 0) is 0 Å². The quantitative estimate of drug-likeness (QED) is 0.882.